The maximum absolute atomic E-state index is 13.1. The van der Waals surface area contributed by atoms with Crippen molar-refractivity contribution in [3.63, 3.8) is 0 Å². The van der Waals surface area contributed by atoms with E-state index >= 15 is 0 Å². The van der Waals surface area contributed by atoms with Crippen molar-refractivity contribution in [3.8, 4) is 0 Å². The summed E-state index contributed by atoms with van der Waals surface area (Å²) in [6.45, 7) is 4.54. The first-order valence-corrected chi connectivity index (χ1v) is 7.80. The van der Waals surface area contributed by atoms with Crippen molar-refractivity contribution in [1.82, 2.24) is 4.72 Å². The molecule has 0 aliphatic heterocycles. The fourth-order valence-electron chi connectivity index (χ4n) is 2.18. The lowest BCUT2D eigenvalue weighted by Crippen LogP contribution is -2.33. The number of nitrogens with two attached hydrogens (primary N) is 1. The van der Waals surface area contributed by atoms with Gasteiger partial charge < -0.3 is 5.73 Å². The summed E-state index contributed by atoms with van der Waals surface area (Å²) >= 11 is 0. The molecule has 6 heteroatoms. The lowest BCUT2D eigenvalue weighted by molar-refractivity contribution is 0.357. The Balaban J connectivity index is 2.17. The van der Waals surface area contributed by atoms with Gasteiger partial charge in [0.05, 0.1) is 5.69 Å². The molecule has 0 bridgehead atoms. The normalized spacial score (nSPS) is 17.7. The van der Waals surface area contributed by atoms with Crippen LogP contribution in [-0.2, 0) is 10.0 Å². The molecule has 0 atom stereocenters. The summed E-state index contributed by atoms with van der Waals surface area (Å²) in [7, 11) is -3.76. The molecule has 2 rings (SSSR count). The molecule has 106 valence electrons. The van der Waals surface area contributed by atoms with Gasteiger partial charge in [-0.15, -0.1) is 0 Å². The van der Waals surface area contributed by atoms with E-state index in [0.717, 1.165) is 25.0 Å². The molecule has 0 aromatic heterocycles. The fraction of sp³-hybridized carbons (Fsp3) is 0.538. The molecule has 0 heterocycles. The van der Waals surface area contributed by atoms with Crippen LogP contribution in [0.1, 0.15) is 26.7 Å². The smallest absolute Gasteiger partial charge is 0.242 e. The number of nitrogens with one attached hydrogen (secondary N) is 1. The van der Waals surface area contributed by atoms with Crippen LogP contribution in [0.2, 0.25) is 0 Å². The molecule has 0 radical (unpaired) electrons. The minimum atomic E-state index is -3.76. The van der Waals surface area contributed by atoms with Crippen LogP contribution in [0.3, 0.4) is 0 Å². The van der Waals surface area contributed by atoms with Crippen molar-refractivity contribution in [1.29, 1.82) is 0 Å². The third kappa shape index (κ3) is 2.90. The zero-order valence-electron chi connectivity index (χ0n) is 11.1. The van der Waals surface area contributed by atoms with Gasteiger partial charge in [-0.1, -0.05) is 13.8 Å². The molecule has 1 aliphatic carbocycles. The summed E-state index contributed by atoms with van der Waals surface area (Å²) in [5.41, 5.74) is 5.71. The average Bonchev–Trinajstić information content (AvgIpc) is 3.11. The highest BCUT2D eigenvalue weighted by Crippen LogP contribution is 2.51. The topological polar surface area (TPSA) is 72.2 Å². The van der Waals surface area contributed by atoms with Crippen LogP contribution >= 0.6 is 0 Å². The molecule has 19 heavy (non-hydrogen) atoms. The van der Waals surface area contributed by atoms with Gasteiger partial charge in [0, 0.05) is 6.54 Å². The first-order valence-electron chi connectivity index (χ1n) is 6.31. The summed E-state index contributed by atoms with van der Waals surface area (Å²) in [4.78, 5) is -0.188. The highest BCUT2D eigenvalue weighted by Gasteiger charge is 2.45. The summed E-state index contributed by atoms with van der Waals surface area (Å²) in [6.07, 6.45) is 2.04. The quantitative estimate of drug-likeness (QED) is 0.814. The first-order chi connectivity index (χ1) is 8.77. The fourth-order valence-corrected chi connectivity index (χ4v) is 3.46. The van der Waals surface area contributed by atoms with Gasteiger partial charge in [0.1, 0.15) is 10.7 Å². The lowest BCUT2D eigenvalue weighted by atomic mass is 9.93. The number of hydrogen-bond acceptors (Lipinski definition) is 3. The van der Waals surface area contributed by atoms with E-state index in [9.17, 15) is 12.8 Å². The molecule has 1 aromatic rings. The van der Waals surface area contributed by atoms with Crippen molar-refractivity contribution < 1.29 is 12.8 Å². The second kappa shape index (κ2) is 4.76. The van der Waals surface area contributed by atoms with Crippen molar-refractivity contribution >= 4 is 15.7 Å². The maximum Gasteiger partial charge on any atom is 0.242 e. The first kappa shape index (κ1) is 14.3. The van der Waals surface area contributed by atoms with E-state index in [1.807, 2.05) is 0 Å². The van der Waals surface area contributed by atoms with E-state index in [-0.39, 0.29) is 16.0 Å². The van der Waals surface area contributed by atoms with Gasteiger partial charge in [0.25, 0.3) is 0 Å². The van der Waals surface area contributed by atoms with Gasteiger partial charge >= 0.3 is 0 Å². The molecular weight excluding hydrogens is 267 g/mol. The van der Waals surface area contributed by atoms with Crippen LogP contribution in [0.5, 0.6) is 0 Å². The number of anilines is 1. The van der Waals surface area contributed by atoms with Crippen molar-refractivity contribution in [2.45, 2.75) is 31.6 Å². The van der Waals surface area contributed by atoms with Crippen molar-refractivity contribution in [3.05, 3.63) is 24.0 Å². The van der Waals surface area contributed by atoms with Crippen LogP contribution in [-0.4, -0.2) is 15.0 Å². The van der Waals surface area contributed by atoms with Gasteiger partial charge in [0.2, 0.25) is 10.0 Å². The van der Waals surface area contributed by atoms with Gasteiger partial charge in [-0.2, -0.15) is 0 Å². The molecule has 3 N–H and O–H groups in total. The standard InChI is InChI=1S/C13H19FN2O2S/c1-9(2)13(5-6-13)8-16-19(17,18)12-7-10(14)3-4-11(12)15/h3-4,7,9,16H,5-6,8,15H2,1-2H3. The third-order valence-corrected chi connectivity index (χ3v) is 5.45. The van der Waals surface area contributed by atoms with E-state index < -0.39 is 15.8 Å². The number of nitrogen functional groups attached to an aromatic ring is 1. The van der Waals surface area contributed by atoms with E-state index in [2.05, 4.69) is 18.6 Å². The zero-order chi connectivity index (χ0) is 14.3. The van der Waals surface area contributed by atoms with E-state index in [4.69, 9.17) is 5.73 Å². The average molecular weight is 286 g/mol. The Labute approximate surface area is 113 Å². The Morgan fingerprint density at radius 3 is 2.58 bits per heavy atom. The predicted molar refractivity (Wildman–Crippen MR) is 72.5 cm³/mol. The van der Waals surface area contributed by atoms with Crippen LogP contribution in [0.15, 0.2) is 23.1 Å². The van der Waals surface area contributed by atoms with Crippen molar-refractivity contribution in [2.75, 3.05) is 12.3 Å². The minimum absolute atomic E-state index is 0.0508. The maximum atomic E-state index is 13.1. The Morgan fingerprint density at radius 2 is 2.05 bits per heavy atom. The Morgan fingerprint density at radius 1 is 1.42 bits per heavy atom. The summed E-state index contributed by atoms with van der Waals surface area (Å²) in [5.74, 6) is -0.195. The molecule has 1 saturated carbocycles. The van der Waals surface area contributed by atoms with E-state index in [1.54, 1.807) is 0 Å². The molecule has 1 fully saturated rings. The Hall–Kier alpha value is -1.14. The summed E-state index contributed by atoms with van der Waals surface area (Å²) in [5, 5.41) is 0. The molecule has 4 nitrogen and oxygen atoms in total. The highest BCUT2D eigenvalue weighted by atomic mass is 32.2. The minimum Gasteiger partial charge on any atom is -0.398 e. The number of sulfonamides is 1. The van der Waals surface area contributed by atoms with Gasteiger partial charge in [-0.3, -0.25) is 0 Å². The van der Waals surface area contributed by atoms with Crippen molar-refractivity contribution in [2.24, 2.45) is 11.3 Å². The molecule has 0 saturated heterocycles. The molecule has 0 unspecified atom stereocenters. The molecular formula is C13H19FN2O2S. The number of benzene rings is 1. The van der Waals surface area contributed by atoms with Crippen LogP contribution in [0, 0.1) is 17.2 Å². The monoisotopic (exact) mass is 286 g/mol. The van der Waals surface area contributed by atoms with Crippen LogP contribution in [0.4, 0.5) is 10.1 Å². The third-order valence-electron chi connectivity index (χ3n) is 4.00. The largest absolute Gasteiger partial charge is 0.398 e. The molecule has 0 amide bonds. The SMILES string of the molecule is CC(C)C1(CNS(=O)(=O)c2cc(F)ccc2N)CC1. The second-order valence-corrected chi connectivity index (χ2v) is 7.26. The van der Waals surface area contributed by atoms with E-state index in [0.29, 0.717) is 12.5 Å². The Kier molecular flexibility index (Phi) is 3.57. The molecule has 0 spiro atoms. The summed E-state index contributed by atoms with van der Waals surface area (Å²) < 4.78 is 40.0. The molecule has 1 aliphatic rings. The highest BCUT2D eigenvalue weighted by molar-refractivity contribution is 7.89. The van der Waals surface area contributed by atoms with Gasteiger partial charge in [-0.05, 0) is 42.4 Å². The predicted octanol–water partition coefficient (Wildman–Crippen LogP) is 2.12. The summed E-state index contributed by atoms with van der Waals surface area (Å²) in [6, 6.07) is 3.36. The number of rotatable bonds is 5. The van der Waals surface area contributed by atoms with Gasteiger partial charge in [0.15, 0.2) is 0 Å². The molecule has 1 aromatic carbocycles. The van der Waals surface area contributed by atoms with Gasteiger partial charge in [-0.25, -0.2) is 17.5 Å². The lowest BCUT2D eigenvalue weighted by Gasteiger charge is -2.20. The Bertz CT molecular complexity index is 580. The van der Waals surface area contributed by atoms with Crippen LogP contribution in [0.25, 0.3) is 0 Å². The number of hydrogen-bond donors (Lipinski definition) is 2. The number of halogens is 1. The van der Waals surface area contributed by atoms with Crippen LogP contribution < -0.4 is 10.5 Å². The zero-order valence-corrected chi connectivity index (χ0v) is 11.9. The second-order valence-electron chi connectivity index (χ2n) is 5.52. The van der Waals surface area contributed by atoms with E-state index in [1.165, 1.54) is 6.07 Å².